The monoisotopic (exact) mass is 445 g/mol. The predicted molar refractivity (Wildman–Crippen MR) is 117 cm³/mol. The maximum absolute atomic E-state index is 13.0. The van der Waals surface area contributed by atoms with Gasteiger partial charge in [0.05, 0.1) is 17.9 Å². The molecule has 2 unspecified atom stereocenters. The van der Waals surface area contributed by atoms with Gasteiger partial charge in [-0.15, -0.1) is 0 Å². The molecule has 0 aliphatic carbocycles. The number of nitrogens with one attached hydrogen (secondary N) is 1. The number of rotatable bonds is 4. The van der Waals surface area contributed by atoms with Crippen LogP contribution >= 0.6 is 0 Å². The van der Waals surface area contributed by atoms with E-state index in [0.29, 0.717) is 36.5 Å². The predicted octanol–water partition coefficient (Wildman–Crippen LogP) is 1.96. The molecule has 3 heterocycles. The number of piperidine rings is 1. The highest BCUT2D eigenvalue weighted by Crippen LogP contribution is 2.33. The molecule has 0 saturated carbocycles. The van der Waals surface area contributed by atoms with E-state index >= 15 is 0 Å². The molecule has 3 rings (SSSR count). The molecule has 0 aromatic carbocycles. The molecule has 1 saturated heterocycles. The van der Waals surface area contributed by atoms with Gasteiger partial charge in [0.2, 0.25) is 0 Å². The molecule has 31 heavy (non-hydrogen) atoms. The van der Waals surface area contributed by atoms with E-state index < -0.39 is 21.7 Å². The van der Waals surface area contributed by atoms with Crippen molar-refractivity contribution < 1.29 is 18.0 Å². The molecule has 166 valence electrons. The molecule has 0 bridgehead atoms. The summed E-state index contributed by atoms with van der Waals surface area (Å²) in [4.78, 5) is 35.4. The minimum atomic E-state index is -3.42. The zero-order valence-electron chi connectivity index (χ0n) is 17.8. The fraction of sp³-hybridized carbons (Fsp3) is 0.429. The summed E-state index contributed by atoms with van der Waals surface area (Å²) in [5.74, 6) is -0.782. The maximum atomic E-state index is 13.0. The number of sulfone groups is 1. The first-order chi connectivity index (χ1) is 14.6. The van der Waals surface area contributed by atoms with Crippen molar-refractivity contribution >= 4 is 33.2 Å². The van der Waals surface area contributed by atoms with E-state index in [2.05, 4.69) is 15.3 Å². The average molecular weight is 446 g/mol. The molecular weight excluding hydrogens is 418 g/mol. The minimum absolute atomic E-state index is 0.0290. The van der Waals surface area contributed by atoms with Gasteiger partial charge in [-0.3, -0.25) is 9.59 Å². The lowest BCUT2D eigenvalue weighted by Crippen LogP contribution is -2.46. The summed E-state index contributed by atoms with van der Waals surface area (Å²) < 4.78 is 23.3. The third kappa shape index (κ3) is 5.19. The fourth-order valence-electron chi connectivity index (χ4n) is 3.72. The van der Waals surface area contributed by atoms with Crippen molar-refractivity contribution in [3.05, 3.63) is 41.7 Å². The number of pyridine rings is 2. The first-order valence-corrected chi connectivity index (χ1v) is 12.0. The molecule has 1 aliphatic rings. The van der Waals surface area contributed by atoms with Crippen molar-refractivity contribution in [2.75, 3.05) is 23.9 Å². The summed E-state index contributed by atoms with van der Waals surface area (Å²) in [6, 6.07) is 4.43. The Morgan fingerprint density at radius 2 is 1.97 bits per heavy atom. The summed E-state index contributed by atoms with van der Waals surface area (Å²) in [6.07, 6.45) is 6.16. The highest BCUT2D eigenvalue weighted by molar-refractivity contribution is 7.90. The van der Waals surface area contributed by atoms with E-state index in [9.17, 15) is 18.0 Å². The van der Waals surface area contributed by atoms with E-state index in [-0.39, 0.29) is 17.0 Å². The lowest BCUT2D eigenvalue weighted by Gasteiger charge is -2.38. The Labute approximate surface area is 182 Å². The number of amides is 2. The molecule has 0 spiro atoms. The van der Waals surface area contributed by atoms with Crippen LogP contribution in [0.25, 0.3) is 0 Å². The Balaban J connectivity index is 1.81. The molecule has 9 nitrogen and oxygen atoms in total. The number of likely N-dealkylation sites (tertiary alicyclic amines) is 1. The van der Waals surface area contributed by atoms with E-state index in [4.69, 9.17) is 5.73 Å². The van der Waals surface area contributed by atoms with Crippen molar-refractivity contribution in [3.8, 4) is 0 Å². The topological polar surface area (TPSA) is 135 Å². The second-order valence-corrected chi connectivity index (χ2v) is 9.90. The van der Waals surface area contributed by atoms with Gasteiger partial charge in [-0.25, -0.2) is 18.4 Å². The van der Waals surface area contributed by atoms with Crippen molar-refractivity contribution in [2.45, 2.75) is 44.2 Å². The van der Waals surface area contributed by atoms with Crippen LogP contribution in [0, 0.1) is 5.92 Å². The Hall–Kier alpha value is -3.01. The van der Waals surface area contributed by atoms with Gasteiger partial charge in [0.15, 0.2) is 14.9 Å². The van der Waals surface area contributed by atoms with Gasteiger partial charge in [0, 0.05) is 19.0 Å². The van der Waals surface area contributed by atoms with Crippen LogP contribution < -0.4 is 11.1 Å². The van der Waals surface area contributed by atoms with Crippen molar-refractivity contribution in [1.82, 2.24) is 14.9 Å². The number of nitrogens with two attached hydrogens (primary N) is 1. The Morgan fingerprint density at radius 3 is 2.58 bits per heavy atom. The number of anilines is 2. The van der Waals surface area contributed by atoms with Crippen molar-refractivity contribution in [1.29, 1.82) is 0 Å². The molecule has 10 heteroatoms. The molecule has 2 aromatic heterocycles. The van der Waals surface area contributed by atoms with E-state index in [1.165, 1.54) is 23.4 Å². The maximum Gasteiger partial charge on any atom is 0.313 e. The molecule has 2 atom stereocenters. The zero-order valence-corrected chi connectivity index (χ0v) is 18.6. The van der Waals surface area contributed by atoms with Gasteiger partial charge >= 0.3 is 11.8 Å². The molecule has 2 aromatic rings. The summed E-state index contributed by atoms with van der Waals surface area (Å²) >= 11 is 0. The van der Waals surface area contributed by atoms with Gasteiger partial charge in [0.25, 0.3) is 0 Å². The SMILES string of the molecule is CCc1cc(NC(=O)C(=O)N2CC(C)CCC2c2ccc(S(C)(=O)=O)nc2)cnc1N. The standard InChI is InChI=1S/C21H27N5O4S/c1-4-14-9-16(11-24-19(14)22)25-20(27)21(28)26-12-13(2)5-7-17(26)15-6-8-18(23-10-15)31(3,29)30/h6,8-11,13,17H,4-5,7,12H2,1-3H3,(H2,22,24)(H,25,27). The highest BCUT2D eigenvalue weighted by Gasteiger charge is 2.34. The molecule has 0 radical (unpaired) electrons. The summed E-state index contributed by atoms with van der Waals surface area (Å²) in [6.45, 7) is 4.37. The van der Waals surface area contributed by atoms with E-state index in [1.54, 1.807) is 12.1 Å². The number of nitrogen functional groups attached to an aromatic ring is 1. The van der Waals surface area contributed by atoms with Crippen LogP contribution in [0.5, 0.6) is 0 Å². The summed E-state index contributed by atoms with van der Waals surface area (Å²) in [5.41, 5.74) is 7.69. The molecule has 1 aliphatic heterocycles. The first kappa shape index (κ1) is 22.7. The second kappa shape index (κ2) is 9.01. The number of carbonyl (C=O) groups is 2. The van der Waals surface area contributed by atoms with Crippen LogP contribution in [0.2, 0.25) is 0 Å². The van der Waals surface area contributed by atoms with Crippen LogP contribution in [-0.2, 0) is 25.8 Å². The van der Waals surface area contributed by atoms with Gasteiger partial charge < -0.3 is 16.0 Å². The zero-order chi connectivity index (χ0) is 22.8. The van der Waals surface area contributed by atoms with Crippen LogP contribution in [0.1, 0.15) is 43.9 Å². The largest absolute Gasteiger partial charge is 0.383 e. The third-order valence-electron chi connectivity index (χ3n) is 5.44. The molecule has 2 amide bonds. The quantitative estimate of drug-likeness (QED) is 0.687. The minimum Gasteiger partial charge on any atom is -0.383 e. The second-order valence-electron chi connectivity index (χ2n) is 7.93. The Kier molecular flexibility index (Phi) is 6.59. The smallest absolute Gasteiger partial charge is 0.313 e. The van der Waals surface area contributed by atoms with Crippen LogP contribution in [0.3, 0.4) is 0 Å². The van der Waals surface area contributed by atoms with Crippen molar-refractivity contribution in [2.24, 2.45) is 5.92 Å². The van der Waals surface area contributed by atoms with Gasteiger partial charge in [-0.05, 0) is 48.4 Å². The molecule has 1 fully saturated rings. The summed E-state index contributed by atoms with van der Waals surface area (Å²) in [7, 11) is -3.42. The lowest BCUT2D eigenvalue weighted by atomic mass is 9.90. The molecule has 3 N–H and O–H groups in total. The number of aromatic nitrogens is 2. The van der Waals surface area contributed by atoms with E-state index in [1.807, 2.05) is 13.8 Å². The van der Waals surface area contributed by atoms with E-state index in [0.717, 1.165) is 18.2 Å². The number of aryl methyl sites for hydroxylation is 1. The number of hydrogen-bond donors (Lipinski definition) is 2. The number of hydrogen-bond acceptors (Lipinski definition) is 7. The summed E-state index contributed by atoms with van der Waals surface area (Å²) in [5, 5.41) is 2.58. The molecular formula is C21H27N5O4S. The van der Waals surface area contributed by atoms with Gasteiger partial charge in [0.1, 0.15) is 5.82 Å². The van der Waals surface area contributed by atoms with Crippen LogP contribution in [0.4, 0.5) is 11.5 Å². The van der Waals surface area contributed by atoms with Crippen molar-refractivity contribution in [3.63, 3.8) is 0 Å². The van der Waals surface area contributed by atoms with Gasteiger partial charge in [-0.2, -0.15) is 0 Å². The average Bonchev–Trinajstić information content (AvgIpc) is 2.74. The number of carbonyl (C=O) groups excluding carboxylic acids is 2. The van der Waals surface area contributed by atoms with Crippen LogP contribution in [-0.4, -0.2) is 47.9 Å². The lowest BCUT2D eigenvalue weighted by molar-refractivity contribution is -0.146. The van der Waals surface area contributed by atoms with Crippen LogP contribution in [0.15, 0.2) is 35.6 Å². The third-order valence-corrected chi connectivity index (χ3v) is 6.44. The Morgan fingerprint density at radius 1 is 1.23 bits per heavy atom. The fourth-order valence-corrected chi connectivity index (χ4v) is 4.28. The Bertz CT molecular complexity index is 1090. The number of nitrogens with zero attached hydrogens (tertiary/aromatic N) is 3. The van der Waals surface area contributed by atoms with Gasteiger partial charge in [-0.1, -0.05) is 19.9 Å². The highest BCUT2D eigenvalue weighted by atomic mass is 32.2. The first-order valence-electron chi connectivity index (χ1n) is 10.1. The normalized spacial score (nSPS) is 19.1.